The fraction of sp³-hybridized carbons (Fsp3) is 0.200. The van der Waals surface area contributed by atoms with Gasteiger partial charge < -0.3 is 10.6 Å². The van der Waals surface area contributed by atoms with Crippen LogP contribution < -0.4 is 10.6 Å². The largest absolute Gasteiger partial charge is 0.389 e. The van der Waals surface area contributed by atoms with Crippen LogP contribution in [0.5, 0.6) is 0 Å². The Bertz CT molecular complexity index is 426. The van der Waals surface area contributed by atoms with Crippen molar-refractivity contribution in [2.45, 2.75) is 6.54 Å². The summed E-state index contributed by atoms with van der Waals surface area (Å²) < 4.78 is 0. The van der Waals surface area contributed by atoms with Crippen molar-refractivity contribution in [3.05, 3.63) is 36.3 Å². The van der Waals surface area contributed by atoms with E-state index in [4.69, 9.17) is 5.73 Å². The van der Waals surface area contributed by atoms with Gasteiger partial charge in [0.25, 0.3) is 0 Å². The molecular formula is C10H12N4S. The minimum atomic E-state index is 0.739. The number of aromatic nitrogens is 2. The van der Waals surface area contributed by atoms with Crippen molar-refractivity contribution >= 4 is 21.5 Å². The third kappa shape index (κ3) is 2.44. The topological polar surface area (TPSA) is 55.0 Å². The number of nitrogens with zero attached hydrogens (tertiary/aromatic N) is 3. The van der Waals surface area contributed by atoms with Crippen molar-refractivity contribution in [2.75, 3.05) is 17.7 Å². The van der Waals surface area contributed by atoms with Crippen LogP contribution in [0.25, 0.3) is 0 Å². The van der Waals surface area contributed by atoms with E-state index in [9.17, 15) is 0 Å². The fourth-order valence-electron chi connectivity index (χ4n) is 1.29. The summed E-state index contributed by atoms with van der Waals surface area (Å²) in [5.74, 6) is 0. The van der Waals surface area contributed by atoms with Crippen LogP contribution in [0.15, 0.2) is 30.7 Å². The predicted molar refractivity (Wildman–Crippen MR) is 62.9 cm³/mol. The van der Waals surface area contributed by atoms with Crippen LogP contribution in [-0.4, -0.2) is 17.0 Å². The first-order valence-electron chi connectivity index (χ1n) is 4.57. The Labute approximate surface area is 92.4 Å². The Morgan fingerprint density at radius 3 is 2.93 bits per heavy atom. The molecule has 0 aliphatic heterocycles. The highest BCUT2D eigenvalue weighted by Crippen LogP contribution is 2.23. The molecular weight excluding hydrogens is 208 g/mol. The van der Waals surface area contributed by atoms with Gasteiger partial charge in [0.2, 0.25) is 0 Å². The molecule has 0 bridgehead atoms. The van der Waals surface area contributed by atoms with Gasteiger partial charge in [-0.3, -0.25) is 4.98 Å². The Morgan fingerprint density at radius 2 is 2.33 bits per heavy atom. The second kappa shape index (κ2) is 4.27. The third-order valence-corrected chi connectivity index (χ3v) is 2.92. The van der Waals surface area contributed by atoms with Gasteiger partial charge in [-0.15, -0.1) is 0 Å². The molecule has 5 heteroatoms. The third-order valence-electron chi connectivity index (χ3n) is 1.98. The molecule has 0 saturated carbocycles. The van der Waals surface area contributed by atoms with Crippen LogP contribution in [-0.2, 0) is 6.54 Å². The monoisotopic (exact) mass is 220 g/mol. The maximum atomic E-state index is 5.63. The predicted octanol–water partition coefficient (Wildman–Crippen LogP) is 1.76. The zero-order valence-electron chi connectivity index (χ0n) is 8.42. The first-order chi connectivity index (χ1) is 7.25. The molecule has 4 nitrogen and oxygen atoms in total. The van der Waals surface area contributed by atoms with Crippen molar-refractivity contribution in [1.29, 1.82) is 0 Å². The minimum absolute atomic E-state index is 0.739. The van der Waals surface area contributed by atoms with Crippen molar-refractivity contribution in [3.8, 4) is 0 Å². The number of hydrogen-bond donors (Lipinski definition) is 1. The summed E-state index contributed by atoms with van der Waals surface area (Å²) in [6, 6.07) is 3.97. The van der Waals surface area contributed by atoms with Gasteiger partial charge in [0.15, 0.2) is 5.13 Å². The molecule has 0 aromatic carbocycles. The minimum Gasteiger partial charge on any atom is -0.389 e. The number of hydrogen-bond acceptors (Lipinski definition) is 5. The number of pyridine rings is 1. The molecule has 0 atom stereocenters. The Kier molecular flexibility index (Phi) is 2.82. The molecule has 2 heterocycles. The van der Waals surface area contributed by atoms with Gasteiger partial charge in [-0.05, 0) is 11.6 Å². The molecule has 0 aliphatic carbocycles. The molecule has 2 rings (SSSR count). The van der Waals surface area contributed by atoms with Gasteiger partial charge in [0, 0.05) is 26.0 Å². The van der Waals surface area contributed by atoms with E-state index in [2.05, 4.69) is 14.9 Å². The van der Waals surface area contributed by atoms with Gasteiger partial charge in [0.05, 0.1) is 6.20 Å². The Morgan fingerprint density at radius 1 is 1.47 bits per heavy atom. The number of nitrogen functional groups attached to an aromatic ring is 1. The van der Waals surface area contributed by atoms with E-state index in [0.29, 0.717) is 0 Å². The summed E-state index contributed by atoms with van der Waals surface area (Å²) in [5.41, 5.74) is 6.79. The fourth-order valence-corrected chi connectivity index (χ4v) is 1.93. The highest BCUT2D eigenvalue weighted by molar-refractivity contribution is 7.19. The van der Waals surface area contributed by atoms with Crippen LogP contribution >= 0.6 is 11.3 Å². The van der Waals surface area contributed by atoms with Gasteiger partial charge in [-0.1, -0.05) is 17.4 Å². The molecule has 15 heavy (non-hydrogen) atoms. The molecule has 78 valence electrons. The molecule has 0 aliphatic rings. The zero-order chi connectivity index (χ0) is 10.7. The Hall–Kier alpha value is -1.62. The molecule has 0 unspecified atom stereocenters. The summed E-state index contributed by atoms with van der Waals surface area (Å²) in [6.07, 6.45) is 5.30. The lowest BCUT2D eigenvalue weighted by atomic mass is 10.3. The van der Waals surface area contributed by atoms with Crippen LogP contribution in [0.4, 0.5) is 10.1 Å². The smallest absolute Gasteiger partial charge is 0.187 e. The second-order valence-corrected chi connectivity index (χ2v) is 4.30. The van der Waals surface area contributed by atoms with E-state index >= 15 is 0 Å². The summed E-state index contributed by atoms with van der Waals surface area (Å²) in [6.45, 7) is 0.792. The summed E-state index contributed by atoms with van der Waals surface area (Å²) in [4.78, 5) is 10.3. The van der Waals surface area contributed by atoms with Gasteiger partial charge in [-0.2, -0.15) is 0 Å². The number of nitrogens with two attached hydrogens (primary N) is 1. The van der Waals surface area contributed by atoms with Gasteiger partial charge in [-0.25, -0.2) is 4.98 Å². The second-order valence-electron chi connectivity index (χ2n) is 3.26. The average Bonchev–Trinajstić information content (AvgIpc) is 2.66. The highest BCUT2D eigenvalue weighted by atomic mass is 32.1. The number of rotatable bonds is 3. The van der Waals surface area contributed by atoms with Crippen LogP contribution in [0.1, 0.15) is 5.56 Å². The van der Waals surface area contributed by atoms with Crippen molar-refractivity contribution in [2.24, 2.45) is 0 Å². The van der Waals surface area contributed by atoms with E-state index in [1.54, 1.807) is 12.4 Å². The molecule has 2 aromatic rings. The van der Waals surface area contributed by atoms with Crippen LogP contribution in [0.2, 0.25) is 0 Å². The maximum Gasteiger partial charge on any atom is 0.187 e. The molecule has 0 amide bonds. The standard InChI is InChI=1S/C10H12N4S/c1-14(10-13-6-9(11)15-10)7-8-3-2-4-12-5-8/h2-6H,7,11H2,1H3. The van der Waals surface area contributed by atoms with E-state index in [-0.39, 0.29) is 0 Å². The van der Waals surface area contributed by atoms with Crippen LogP contribution in [0, 0.1) is 0 Å². The first kappa shape index (κ1) is 9.92. The summed E-state index contributed by atoms with van der Waals surface area (Å²) >= 11 is 1.49. The molecule has 0 saturated heterocycles. The van der Waals surface area contributed by atoms with Gasteiger partial charge in [0.1, 0.15) is 5.00 Å². The normalized spacial score (nSPS) is 10.2. The lowest BCUT2D eigenvalue weighted by Crippen LogP contribution is -2.15. The molecule has 0 spiro atoms. The van der Waals surface area contributed by atoms with Crippen molar-refractivity contribution in [3.63, 3.8) is 0 Å². The lowest BCUT2D eigenvalue weighted by molar-refractivity contribution is 0.907. The highest BCUT2D eigenvalue weighted by Gasteiger charge is 2.05. The number of anilines is 2. The Balaban J connectivity index is 2.07. The first-order valence-corrected chi connectivity index (χ1v) is 5.38. The lowest BCUT2D eigenvalue weighted by Gasteiger charge is -2.14. The molecule has 2 N–H and O–H groups in total. The quantitative estimate of drug-likeness (QED) is 0.856. The van der Waals surface area contributed by atoms with E-state index in [0.717, 1.165) is 22.2 Å². The molecule has 2 aromatic heterocycles. The zero-order valence-corrected chi connectivity index (χ0v) is 9.24. The SMILES string of the molecule is CN(Cc1cccnc1)c1ncc(N)s1. The summed E-state index contributed by atoms with van der Waals surface area (Å²) in [5, 5.41) is 1.67. The van der Waals surface area contributed by atoms with Crippen molar-refractivity contribution < 1.29 is 0 Å². The van der Waals surface area contributed by atoms with Crippen molar-refractivity contribution in [1.82, 2.24) is 9.97 Å². The average molecular weight is 220 g/mol. The van der Waals surface area contributed by atoms with E-state index in [1.165, 1.54) is 11.3 Å². The molecule has 0 fully saturated rings. The van der Waals surface area contributed by atoms with Gasteiger partial charge >= 0.3 is 0 Å². The summed E-state index contributed by atoms with van der Waals surface area (Å²) in [7, 11) is 1.99. The maximum absolute atomic E-state index is 5.63. The molecule has 0 radical (unpaired) electrons. The number of thiazole rings is 1. The van der Waals surface area contributed by atoms with E-state index in [1.807, 2.05) is 25.4 Å². The van der Waals surface area contributed by atoms with Crippen LogP contribution in [0.3, 0.4) is 0 Å². The van der Waals surface area contributed by atoms with E-state index < -0.39 is 0 Å².